The van der Waals surface area contributed by atoms with Crippen LogP contribution in [0.4, 0.5) is 4.39 Å². The predicted octanol–water partition coefficient (Wildman–Crippen LogP) is 3.67. The number of halogens is 1. The highest BCUT2D eigenvalue weighted by Gasteiger charge is 2.08. The maximum Gasteiger partial charge on any atom is 0.352 e. The van der Waals surface area contributed by atoms with Gasteiger partial charge in [0.05, 0.1) is 0 Å². The number of carboxylic acid groups (broad SMARTS) is 1. The van der Waals surface area contributed by atoms with Crippen molar-refractivity contribution >= 4 is 16.9 Å². The Labute approximate surface area is 108 Å². The minimum absolute atomic E-state index is 0.145. The van der Waals surface area contributed by atoms with E-state index in [4.69, 9.17) is 5.11 Å². The van der Waals surface area contributed by atoms with Gasteiger partial charge in [-0.15, -0.1) is 0 Å². The van der Waals surface area contributed by atoms with E-state index in [9.17, 15) is 9.18 Å². The second-order valence-electron chi connectivity index (χ2n) is 4.30. The Kier molecular flexibility index (Phi) is 2.56. The Morgan fingerprint density at radius 3 is 2.58 bits per heavy atom. The van der Waals surface area contributed by atoms with Crippen molar-refractivity contribution < 1.29 is 14.3 Å². The first-order chi connectivity index (χ1) is 9.13. The predicted molar refractivity (Wildman–Crippen MR) is 70.7 cm³/mol. The maximum absolute atomic E-state index is 13.2. The van der Waals surface area contributed by atoms with Gasteiger partial charge in [-0.05, 0) is 41.5 Å². The Morgan fingerprint density at radius 1 is 1.05 bits per heavy atom. The SMILES string of the molecule is O=C(O)c1cc2cc(-c3cccc(F)c3)ccc2[nH]1. The zero-order valence-corrected chi connectivity index (χ0v) is 9.85. The molecule has 0 atom stereocenters. The van der Waals surface area contributed by atoms with Crippen LogP contribution in [0.2, 0.25) is 0 Å². The molecule has 0 bridgehead atoms. The molecule has 2 aromatic carbocycles. The van der Waals surface area contributed by atoms with Crippen molar-refractivity contribution in [1.82, 2.24) is 4.98 Å². The molecule has 0 radical (unpaired) electrons. The van der Waals surface area contributed by atoms with E-state index in [0.29, 0.717) is 0 Å². The van der Waals surface area contributed by atoms with Gasteiger partial charge in [0.2, 0.25) is 0 Å². The molecule has 0 aliphatic rings. The number of aromatic nitrogens is 1. The molecule has 3 aromatic rings. The van der Waals surface area contributed by atoms with E-state index < -0.39 is 5.97 Å². The molecule has 0 fully saturated rings. The molecule has 0 saturated carbocycles. The highest BCUT2D eigenvalue weighted by Crippen LogP contribution is 2.25. The Balaban J connectivity index is 2.13. The molecule has 2 N–H and O–H groups in total. The van der Waals surface area contributed by atoms with Crippen LogP contribution in [0.15, 0.2) is 48.5 Å². The van der Waals surface area contributed by atoms with Crippen LogP contribution < -0.4 is 0 Å². The fraction of sp³-hybridized carbons (Fsp3) is 0. The Morgan fingerprint density at radius 2 is 1.84 bits per heavy atom. The first kappa shape index (κ1) is 11.5. The lowest BCUT2D eigenvalue weighted by Crippen LogP contribution is -1.94. The van der Waals surface area contributed by atoms with E-state index in [1.54, 1.807) is 18.2 Å². The first-order valence-corrected chi connectivity index (χ1v) is 5.75. The molecule has 0 amide bonds. The molecule has 0 saturated heterocycles. The smallest absolute Gasteiger partial charge is 0.352 e. The van der Waals surface area contributed by atoms with Gasteiger partial charge >= 0.3 is 5.97 Å². The Bertz CT molecular complexity index is 777. The van der Waals surface area contributed by atoms with E-state index in [-0.39, 0.29) is 11.5 Å². The number of hydrogen-bond acceptors (Lipinski definition) is 1. The van der Waals surface area contributed by atoms with Crippen LogP contribution >= 0.6 is 0 Å². The number of hydrogen-bond donors (Lipinski definition) is 2. The van der Waals surface area contributed by atoms with Crippen molar-refractivity contribution in [3.63, 3.8) is 0 Å². The fourth-order valence-corrected chi connectivity index (χ4v) is 2.10. The van der Waals surface area contributed by atoms with Crippen molar-refractivity contribution in [2.45, 2.75) is 0 Å². The van der Waals surface area contributed by atoms with E-state index in [1.807, 2.05) is 18.2 Å². The molecule has 4 heteroatoms. The third-order valence-electron chi connectivity index (χ3n) is 3.01. The van der Waals surface area contributed by atoms with Crippen molar-refractivity contribution in [2.24, 2.45) is 0 Å². The van der Waals surface area contributed by atoms with E-state index in [0.717, 1.165) is 22.0 Å². The summed E-state index contributed by atoms with van der Waals surface area (Å²) in [7, 11) is 0. The molecule has 0 aliphatic heterocycles. The third kappa shape index (κ3) is 2.08. The Hall–Kier alpha value is -2.62. The van der Waals surface area contributed by atoms with Gasteiger partial charge in [-0.25, -0.2) is 9.18 Å². The summed E-state index contributed by atoms with van der Waals surface area (Å²) in [4.78, 5) is 13.7. The molecule has 3 nitrogen and oxygen atoms in total. The van der Waals surface area contributed by atoms with Crippen molar-refractivity contribution in [3.8, 4) is 11.1 Å². The van der Waals surface area contributed by atoms with Gasteiger partial charge in [0, 0.05) is 10.9 Å². The number of fused-ring (bicyclic) bond motifs is 1. The van der Waals surface area contributed by atoms with Gasteiger partial charge in [-0.2, -0.15) is 0 Å². The highest BCUT2D eigenvalue weighted by atomic mass is 19.1. The molecule has 0 unspecified atom stereocenters. The van der Waals surface area contributed by atoms with E-state index >= 15 is 0 Å². The van der Waals surface area contributed by atoms with E-state index in [1.165, 1.54) is 12.1 Å². The van der Waals surface area contributed by atoms with Crippen LogP contribution in [0, 0.1) is 5.82 Å². The largest absolute Gasteiger partial charge is 0.477 e. The topological polar surface area (TPSA) is 53.1 Å². The number of aromatic carboxylic acids is 1. The number of carbonyl (C=O) groups is 1. The van der Waals surface area contributed by atoms with Crippen LogP contribution in [-0.2, 0) is 0 Å². The molecule has 19 heavy (non-hydrogen) atoms. The van der Waals surface area contributed by atoms with Crippen molar-refractivity contribution in [3.05, 3.63) is 60.0 Å². The van der Waals surface area contributed by atoms with Gasteiger partial charge < -0.3 is 10.1 Å². The van der Waals surface area contributed by atoms with Gasteiger partial charge in [0.15, 0.2) is 0 Å². The summed E-state index contributed by atoms with van der Waals surface area (Å²) < 4.78 is 13.2. The van der Waals surface area contributed by atoms with Gasteiger partial charge in [0.25, 0.3) is 0 Å². The van der Waals surface area contributed by atoms with Crippen molar-refractivity contribution in [1.29, 1.82) is 0 Å². The number of H-pyrrole nitrogens is 1. The number of rotatable bonds is 2. The quantitative estimate of drug-likeness (QED) is 0.734. The van der Waals surface area contributed by atoms with Gasteiger partial charge in [-0.1, -0.05) is 18.2 Å². The fourth-order valence-electron chi connectivity index (χ4n) is 2.10. The lowest BCUT2D eigenvalue weighted by molar-refractivity contribution is 0.0691. The summed E-state index contributed by atoms with van der Waals surface area (Å²) in [5, 5.41) is 9.72. The summed E-state index contributed by atoms with van der Waals surface area (Å²) in [6.07, 6.45) is 0. The van der Waals surface area contributed by atoms with Crippen LogP contribution in [0.5, 0.6) is 0 Å². The van der Waals surface area contributed by atoms with Crippen LogP contribution in [0.3, 0.4) is 0 Å². The molecule has 0 aliphatic carbocycles. The minimum atomic E-state index is -0.997. The molecule has 1 heterocycles. The zero-order valence-electron chi connectivity index (χ0n) is 9.85. The minimum Gasteiger partial charge on any atom is -0.477 e. The summed E-state index contributed by atoms with van der Waals surface area (Å²) in [6, 6.07) is 13.3. The van der Waals surface area contributed by atoms with Crippen molar-refractivity contribution in [2.75, 3.05) is 0 Å². The van der Waals surface area contributed by atoms with Crippen LogP contribution in [0.25, 0.3) is 22.0 Å². The summed E-state index contributed by atoms with van der Waals surface area (Å²) in [6.45, 7) is 0. The zero-order chi connectivity index (χ0) is 13.4. The molecular weight excluding hydrogens is 245 g/mol. The summed E-state index contributed by atoms with van der Waals surface area (Å²) in [5.41, 5.74) is 2.51. The number of carboxylic acids is 1. The lowest BCUT2D eigenvalue weighted by Gasteiger charge is -2.01. The summed E-state index contributed by atoms with van der Waals surface area (Å²) in [5.74, 6) is -1.29. The van der Waals surface area contributed by atoms with Gasteiger partial charge in [-0.3, -0.25) is 0 Å². The first-order valence-electron chi connectivity index (χ1n) is 5.75. The molecule has 0 spiro atoms. The number of benzene rings is 2. The second-order valence-corrected chi connectivity index (χ2v) is 4.30. The third-order valence-corrected chi connectivity index (χ3v) is 3.01. The van der Waals surface area contributed by atoms with Crippen LogP contribution in [-0.4, -0.2) is 16.1 Å². The standard InChI is InChI=1S/C15H10FNO2/c16-12-3-1-2-9(7-12)10-4-5-13-11(6-10)8-14(17-13)15(18)19/h1-8,17H,(H,18,19). The average Bonchev–Trinajstić information content (AvgIpc) is 2.81. The molecule has 3 rings (SSSR count). The molecular formula is C15H10FNO2. The maximum atomic E-state index is 13.2. The number of aromatic amines is 1. The molecule has 1 aromatic heterocycles. The summed E-state index contributed by atoms with van der Waals surface area (Å²) >= 11 is 0. The second kappa shape index (κ2) is 4.24. The lowest BCUT2D eigenvalue weighted by atomic mass is 10.0. The normalized spacial score (nSPS) is 10.8. The monoisotopic (exact) mass is 255 g/mol. The van der Waals surface area contributed by atoms with E-state index in [2.05, 4.69) is 4.98 Å². The highest BCUT2D eigenvalue weighted by molar-refractivity contribution is 5.95. The number of nitrogens with one attached hydrogen (secondary N) is 1. The van der Waals surface area contributed by atoms with Crippen LogP contribution in [0.1, 0.15) is 10.5 Å². The van der Waals surface area contributed by atoms with Gasteiger partial charge in [0.1, 0.15) is 11.5 Å². The molecule has 94 valence electrons. The average molecular weight is 255 g/mol.